The largest absolute Gasteiger partial charge is 0.481 e. The molecular weight excluding hydrogens is 274 g/mol. The standard InChI is InChI=1S/C12H14ClNO3S/c13-10-5-1-2-6-11(10)18(17)14-7-3-4-9(8-14)12(15)16/h1-2,5-6,9H,3-4,7-8H2,(H,15,16). The van der Waals surface area contributed by atoms with Gasteiger partial charge >= 0.3 is 5.97 Å². The Hall–Kier alpha value is -0.910. The smallest absolute Gasteiger partial charge is 0.307 e. The van der Waals surface area contributed by atoms with Crippen LogP contribution in [0, 0.1) is 5.92 Å². The maximum atomic E-state index is 12.3. The molecule has 2 rings (SSSR count). The fourth-order valence-electron chi connectivity index (χ4n) is 2.02. The molecule has 0 aromatic heterocycles. The van der Waals surface area contributed by atoms with Crippen LogP contribution in [0.3, 0.4) is 0 Å². The number of carbonyl (C=O) groups is 1. The Morgan fingerprint density at radius 3 is 2.83 bits per heavy atom. The third-order valence-electron chi connectivity index (χ3n) is 2.99. The summed E-state index contributed by atoms with van der Waals surface area (Å²) in [5.41, 5.74) is 0. The molecule has 2 unspecified atom stereocenters. The van der Waals surface area contributed by atoms with E-state index in [1.165, 1.54) is 0 Å². The molecule has 0 spiro atoms. The molecule has 1 aliphatic rings. The van der Waals surface area contributed by atoms with Gasteiger partial charge in [-0.15, -0.1) is 0 Å². The van der Waals surface area contributed by atoms with Crippen LogP contribution in [0.4, 0.5) is 0 Å². The zero-order valence-electron chi connectivity index (χ0n) is 9.71. The van der Waals surface area contributed by atoms with Crippen molar-refractivity contribution in [1.29, 1.82) is 0 Å². The van der Waals surface area contributed by atoms with Crippen LogP contribution in [0.15, 0.2) is 29.2 Å². The van der Waals surface area contributed by atoms with E-state index in [1.54, 1.807) is 28.6 Å². The molecule has 0 amide bonds. The van der Waals surface area contributed by atoms with Crippen molar-refractivity contribution in [1.82, 2.24) is 4.31 Å². The van der Waals surface area contributed by atoms with E-state index in [0.717, 1.165) is 6.42 Å². The summed E-state index contributed by atoms with van der Waals surface area (Å²) >= 11 is 6.00. The molecule has 0 bridgehead atoms. The van der Waals surface area contributed by atoms with Gasteiger partial charge in [0.05, 0.1) is 15.8 Å². The van der Waals surface area contributed by atoms with Crippen LogP contribution in [0.2, 0.25) is 5.02 Å². The fraction of sp³-hybridized carbons (Fsp3) is 0.417. The number of halogens is 1. The minimum atomic E-state index is -1.38. The van der Waals surface area contributed by atoms with Gasteiger partial charge in [0.2, 0.25) is 0 Å². The Balaban J connectivity index is 2.14. The quantitative estimate of drug-likeness (QED) is 0.927. The zero-order chi connectivity index (χ0) is 13.1. The van der Waals surface area contributed by atoms with Crippen molar-refractivity contribution in [2.24, 2.45) is 5.92 Å². The summed E-state index contributed by atoms with van der Waals surface area (Å²) in [5, 5.41) is 9.46. The van der Waals surface area contributed by atoms with Crippen LogP contribution in [0.1, 0.15) is 12.8 Å². The highest BCUT2D eigenvalue weighted by Crippen LogP contribution is 2.25. The average Bonchev–Trinajstić information content (AvgIpc) is 2.38. The monoisotopic (exact) mass is 287 g/mol. The lowest BCUT2D eigenvalue weighted by Crippen LogP contribution is -2.39. The lowest BCUT2D eigenvalue weighted by molar-refractivity contribution is -0.142. The van der Waals surface area contributed by atoms with Gasteiger partial charge in [-0.25, -0.2) is 8.51 Å². The van der Waals surface area contributed by atoms with Crippen molar-refractivity contribution in [3.8, 4) is 0 Å². The summed E-state index contributed by atoms with van der Waals surface area (Å²) in [6.45, 7) is 0.953. The lowest BCUT2D eigenvalue weighted by atomic mass is 10.0. The van der Waals surface area contributed by atoms with E-state index in [2.05, 4.69) is 0 Å². The molecule has 1 N–H and O–H groups in total. The molecule has 98 valence electrons. The number of piperidine rings is 1. The predicted octanol–water partition coefficient (Wildman–Crippen LogP) is 2.16. The van der Waals surface area contributed by atoms with E-state index in [4.69, 9.17) is 16.7 Å². The summed E-state index contributed by atoms with van der Waals surface area (Å²) in [4.78, 5) is 11.5. The van der Waals surface area contributed by atoms with Crippen molar-refractivity contribution in [3.63, 3.8) is 0 Å². The summed E-state index contributed by atoms with van der Waals surface area (Å²) in [7, 11) is -1.38. The molecule has 2 atom stereocenters. The summed E-state index contributed by atoms with van der Waals surface area (Å²) in [6, 6.07) is 6.95. The summed E-state index contributed by atoms with van der Waals surface area (Å²) in [5.74, 6) is -1.26. The van der Waals surface area contributed by atoms with Crippen molar-refractivity contribution >= 4 is 28.6 Å². The SMILES string of the molecule is O=C(O)C1CCCN(S(=O)c2ccccc2Cl)C1. The molecule has 1 aromatic carbocycles. The van der Waals surface area contributed by atoms with Gasteiger partial charge in [0.15, 0.2) is 0 Å². The maximum absolute atomic E-state index is 12.3. The van der Waals surface area contributed by atoms with Gasteiger partial charge < -0.3 is 5.11 Å². The van der Waals surface area contributed by atoms with Gasteiger partial charge in [0.1, 0.15) is 11.0 Å². The Morgan fingerprint density at radius 1 is 1.44 bits per heavy atom. The highest BCUT2D eigenvalue weighted by atomic mass is 35.5. The van der Waals surface area contributed by atoms with E-state index >= 15 is 0 Å². The van der Waals surface area contributed by atoms with E-state index < -0.39 is 22.9 Å². The molecule has 1 aliphatic heterocycles. The van der Waals surface area contributed by atoms with Crippen LogP contribution in [-0.4, -0.2) is 32.7 Å². The van der Waals surface area contributed by atoms with Crippen molar-refractivity contribution < 1.29 is 14.1 Å². The number of benzene rings is 1. The minimum absolute atomic E-state index is 0.313. The van der Waals surface area contributed by atoms with Crippen molar-refractivity contribution in [3.05, 3.63) is 29.3 Å². The molecule has 1 fully saturated rings. The normalized spacial score (nSPS) is 22.6. The molecular formula is C12H14ClNO3S. The third kappa shape index (κ3) is 2.91. The van der Waals surface area contributed by atoms with Gasteiger partial charge in [-0.2, -0.15) is 0 Å². The topological polar surface area (TPSA) is 57.6 Å². The van der Waals surface area contributed by atoms with E-state index in [0.29, 0.717) is 29.4 Å². The lowest BCUT2D eigenvalue weighted by Gasteiger charge is -2.29. The highest BCUT2D eigenvalue weighted by Gasteiger charge is 2.29. The maximum Gasteiger partial charge on any atom is 0.307 e. The highest BCUT2D eigenvalue weighted by molar-refractivity contribution is 7.82. The Labute approximate surface area is 113 Å². The number of aliphatic carboxylic acids is 1. The van der Waals surface area contributed by atoms with Crippen LogP contribution in [0.25, 0.3) is 0 Å². The number of carboxylic acids is 1. The predicted molar refractivity (Wildman–Crippen MR) is 69.8 cm³/mol. The minimum Gasteiger partial charge on any atom is -0.481 e. The van der Waals surface area contributed by atoms with Crippen LogP contribution < -0.4 is 0 Å². The number of hydrogen-bond donors (Lipinski definition) is 1. The van der Waals surface area contributed by atoms with E-state index in [9.17, 15) is 9.00 Å². The van der Waals surface area contributed by atoms with E-state index in [1.807, 2.05) is 0 Å². The second kappa shape index (κ2) is 5.82. The first-order valence-corrected chi connectivity index (χ1v) is 7.22. The average molecular weight is 288 g/mol. The molecule has 0 aliphatic carbocycles. The first kappa shape index (κ1) is 13.5. The first-order valence-electron chi connectivity index (χ1n) is 5.74. The van der Waals surface area contributed by atoms with Gasteiger partial charge in [-0.05, 0) is 25.0 Å². The molecule has 0 radical (unpaired) electrons. The van der Waals surface area contributed by atoms with Gasteiger partial charge in [0, 0.05) is 13.1 Å². The second-order valence-corrected chi connectivity index (χ2v) is 6.11. The van der Waals surface area contributed by atoms with Crippen molar-refractivity contribution in [2.75, 3.05) is 13.1 Å². The molecule has 6 heteroatoms. The van der Waals surface area contributed by atoms with Gasteiger partial charge in [-0.1, -0.05) is 23.7 Å². The molecule has 1 saturated heterocycles. The number of carboxylic acid groups (broad SMARTS) is 1. The molecule has 1 heterocycles. The molecule has 0 saturated carbocycles. The zero-order valence-corrected chi connectivity index (χ0v) is 11.3. The first-order chi connectivity index (χ1) is 8.59. The summed E-state index contributed by atoms with van der Waals surface area (Å²) in [6.07, 6.45) is 1.39. The number of nitrogens with zero attached hydrogens (tertiary/aromatic N) is 1. The molecule has 18 heavy (non-hydrogen) atoms. The number of hydrogen-bond acceptors (Lipinski definition) is 2. The number of rotatable bonds is 3. The fourth-order valence-corrected chi connectivity index (χ4v) is 3.67. The van der Waals surface area contributed by atoms with Crippen LogP contribution >= 0.6 is 11.6 Å². The Kier molecular flexibility index (Phi) is 4.37. The van der Waals surface area contributed by atoms with Crippen LogP contribution in [-0.2, 0) is 15.8 Å². The Bertz CT molecular complexity index is 480. The van der Waals surface area contributed by atoms with Gasteiger partial charge in [0.25, 0.3) is 0 Å². The summed E-state index contributed by atoms with van der Waals surface area (Å²) < 4.78 is 14.0. The second-order valence-electron chi connectivity index (χ2n) is 4.24. The molecule has 4 nitrogen and oxygen atoms in total. The Morgan fingerprint density at radius 2 is 2.17 bits per heavy atom. The van der Waals surface area contributed by atoms with Crippen molar-refractivity contribution in [2.45, 2.75) is 17.7 Å². The molecule has 1 aromatic rings. The third-order valence-corrected chi connectivity index (χ3v) is 4.97. The van der Waals surface area contributed by atoms with Crippen LogP contribution in [0.5, 0.6) is 0 Å². The van der Waals surface area contributed by atoms with E-state index in [-0.39, 0.29) is 0 Å². The van der Waals surface area contributed by atoms with Gasteiger partial charge in [-0.3, -0.25) is 4.79 Å².